The summed E-state index contributed by atoms with van der Waals surface area (Å²) >= 11 is 0. The van der Waals surface area contributed by atoms with Crippen LogP contribution in [0.25, 0.3) is 22.3 Å². The molecule has 8 heteroatoms. The zero-order valence-electron chi connectivity index (χ0n) is 17.6. The molecule has 0 atom stereocenters. The van der Waals surface area contributed by atoms with E-state index in [4.69, 9.17) is 23.4 Å². The van der Waals surface area contributed by atoms with Crippen molar-refractivity contribution in [2.75, 3.05) is 21.3 Å². The van der Waals surface area contributed by atoms with Crippen molar-refractivity contribution < 1.29 is 28.2 Å². The van der Waals surface area contributed by atoms with Crippen molar-refractivity contribution in [3.05, 3.63) is 76.7 Å². The summed E-state index contributed by atoms with van der Waals surface area (Å²) in [5.41, 5.74) is 0.971. The third-order valence-electron chi connectivity index (χ3n) is 4.77. The molecule has 0 radical (unpaired) electrons. The quantitative estimate of drug-likeness (QED) is 0.331. The van der Waals surface area contributed by atoms with E-state index in [0.29, 0.717) is 39.7 Å². The number of benzene rings is 2. The lowest BCUT2D eigenvalue weighted by atomic mass is 10.1. The highest BCUT2D eigenvalue weighted by molar-refractivity contribution is 5.91. The van der Waals surface area contributed by atoms with Crippen LogP contribution >= 0.6 is 0 Å². The van der Waals surface area contributed by atoms with Crippen molar-refractivity contribution in [3.63, 3.8) is 0 Å². The van der Waals surface area contributed by atoms with Crippen LogP contribution in [-0.4, -0.2) is 32.3 Å². The van der Waals surface area contributed by atoms with Crippen molar-refractivity contribution in [2.45, 2.75) is 0 Å². The number of fused-ring (bicyclic) bond motifs is 1. The fraction of sp³-hybridized carbons (Fsp3) is 0.125. The van der Waals surface area contributed by atoms with Gasteiger partial charge in [-0.15, -0.1) is 0 Å². The molecule has 0 fully saturated rings. The predicted molar refractivity (Wildman–Crippen MR) is 117 cm³/mol. The van der Waals surface area contributed by atoms with Crippen LogP contribution in [0.4, 0.5) is 0 Å². The Morgan fingerprint density at radius 3 is 2.19 bits per heavy atom. The van der Waals surface area contributed by atoms with E-state index in [2.05, 4.69) is 4.98 Å². The maximum absolute atomic E-state index is 12.8. The maximum atomic E-state index is 12.8. The Morgan fingerprint density at radius 2 is 1.56 bits per heavy atom. The Kier molecular flexibility index (Phi) is 5.76. The molecule has 2 aromatic heterocycles. The third kappa shape index (κ3) is 3.98. The lowest BCUT2D eigenvalue weighted by Crippen LogP contribution is -2.09. The lowest BCUT2D eigenvalue weighted by molar-refractivity contribution is 0.0735. The van der Waals surface area contributed by atoms with Gasteiger partial charge in [0.05, 0.1) is 32.3 Å². The number of aromatic nitrogens is 1. The van der Waals surface area contributed by atoms with Gasteiger partial charge in [0.1, 0.15) is 17.1 Å². The first-order valence-electron chi connectivity index (χ1n) is 9.54. The normalized spacial score (nSPS) is 10.6. The van der Waals surface area contributed by atoms with E-state index in [1.165, 1.54) is 45.9 Å². The molecule has 0 spiro atoms. The topological polar surface area (TPSA) is 97.1 Å². The van der Waals surface area contributed by atoms with E-state index in [-0.39, 0.29) is 16.6 Å². The number of carbonyl (C=O) groups is 1. The van der Waals surface area contributed by atoms with Crippen molar-refractivity contribution in [3.8, 4) is 34.3 Å². The molecule has 0 saturated heterocycles. The molecule has 0 aliphatic heterocycles. The lowest BCUT2D eigenvalue weighted by Gasteiger charge is -2.14. The number of hydrogen-bond acceptors (Lipinski definition) is 8. The molecule has 162 valence electrons. The van der Waals surface area contributed by atoms with E-state index in [9.17, 15) is 9.59 Å². The third-order valence-corrected chi connectivity index (χ3v) is 4.77. The van der Waals surface area contributed by atoms with E-state index in [1.807, 2.05) is 0 Å². The van der Waals surface area contributed by atoms with Crippen molar-refractivity contribution in [2.24, 2.45) is 0 Å². The zero-order valence-corrected chi connectivity index (χ0v) is 17.6. The molecule has 4 aromatic rings. The van der Waals surface area contributed by atoms with Gasteiger partial charge >= 0.3 is 5.97 Å². The van der Waals surface area contributed by atoms with Gasteiger partial charge in [-0.2, -0.15) is 0 Å². The molecule has 0 unspecified atom stereocenters. The van der Waals surface area contributed by atoms with Gasteiger partial charge < -0.3 is 23.4 Å². The van der Waals surface area contributed by atoms with Crippen LogP contribution in [0.1, 0.15) is 10.4 Å². The summed E-state index contributed by atoms with van der Waals surface area (Å²) in [6, 6.07) is 12.4. The summed E-state index contributed by atoms with van der Waals surface area (Å²) in [4.78, 5) is 28.9. The number of methoxy groups -OCH3 is 3. The van der Waals surface area contributed by atoms with Crippen LogP contribution in [0, 0.1) is 0 Å². The Labute approximate surface area is 182 Å². The highest BCUT2D eigenvalue weighted by Crippen LogP contribution is 2.41. The molecule has 2 heterocycles. The highest BCUT2D eigenvalue weighted by atomic mass is 16.5. The predicted octanol–water partition coefficient (Wildman–Crippen LogP) is 4.10. The summed E-state index contributed by atoms with van der Waals surface area (Å²) in [5.74, 6) is 1.30. The van der Waals surface area contributed by atoms with Gasteiger partial charge in [-0.3, -0.25) is 9.78 Å². The van der Waals surface area contributed by atoms with Crippen LogP contribution in [0.15, 0.2) is 70.1 Å². The van der Waals surface area contributed by atoms with Crippen molar-refractivity contribution in [1.29, 1.82) is 0 Å². The minimum Gasteiger partial charge on any atom is -0.493 e. The maximum Gasteiger partial charge on any atom is 0.343 e. The summed E-state index contributed by atoms with van der Waals surface area (Å²) in [6.07, 6.45) is 2.99. The first-order chi connectivity index (χ1) is 15.5. The minimum atomic E-state index is -0.551. The zero-order chi connectivity index (χ0) is 22.7. The summed E-state index contributed by atoms with van der Waals surface area (Å²) in [6.45, 7) is 0. The average Bonchev–Trinajstić information content (AvgIpc) is 2.83. The van der Waals surface area contributed by atoms with E-state index < -0.39 is 5.97 Å². The Bertz CT molecular complexity index is 1320. The second kappa shape index (κ2) is 8.81. The monoisotopic (exact) mass is 433 g/mol. The number of rotatable bonds is 6. The second-order valence-corrected chi connectivity index (χ2v) is 6.67. The Morgan fingerprint density at radius 1 is 0.875 bits per heavy atom. The molecule has 0 bridgehead atoms. The van der Waals surface area contributed by atoms with E-state index in [1.54, 1.807) is 36.4 Å². The van der Waals surface area contributed by atoms with Gasteiger partial charge in [-0.05, 0) is 42.5 Å². The Balaban J connectivity index is 1.72. The Hall–Kier alpha value is -4.33. The molecule has 0 aliphatic rings. The fourth-order valence-corrected chi connectivity index (χ4v) is 3.22. The SMILES string of the molecule is COc1cc(-c2cc(=O)c3cc(OC(=O)c4ccncc4)ccc3o2)cc(OC)c1OC. The first kappa shape index (κ1) is 20.9. The molecule has 0 aliphatic carbocycles. The number of pyridine rings is 1. The van der Waals surface area contributed by atoms with Gasteiger partial charge in [0.15, 0.2) is 16.9 Å². The van der Waals surface area contributed by atoms with Crippen LogP contribution in [-0.2, 0) is 0 Å². The summed E-state index contributed by atoms with van der Waals surface area (Å²) in [7, 11) is 4.52. The van der Waals surface area contributed by atoms with Crippen LogP contribution in [0.3, 0.4) is 0 Å². The van der Waals surface area contributed by atoms with Gasteiger partial charge in [-0.25, -0.2) is 4.79 Å². The number of hydrogen-bond donors (Lipinski definition) is 0. The van der Waals surface area contributed by atoms with E-state index >= 15 is 0 Å². The van der Waals surface area contributed by atoms with Gasteiger partial charge in [0.25, 0.3) is 0 Å². The molecular weight excluding hydrogens is 414 g/mol. The van der Waals surface area contributed by atoms with Gasteiger partial charge in [-0.1, -0.05) is 0 Å². The smallest absolute Gasteiger partial charge is 0.343 e. The van der Waals surface area contributed by atoms with E-state index in [0.717, 1.165) is 0 Å². The molecule has 0 amide bonds. The standard InChI is InChI=1S/C24H19NO7/c1-28-21-10-15(11-22(29-2)23(21)30-3)20-13-18(26)17-12-16(4-5-19(17)32-20)31-24(27)14-6-8-25-9-7-14/h4-13H,1-3H3. The molecule has 0 saturated carbocycles. The van der Waals surface area contributed by atoms with Crippen LogP contribution in [0.2, 0.25) is 0 Å². The van der Waals surface area contributed by atoms with Crippen LogP contribution < -0.4 is 24.4 Å². The molecule has 8 nitrogen and oxygen atoms in total. The summed E-state index contributed by atoms with van der Waals surface area (Å²) in [5, 5.41) is 0.279. The molecular formula is C24H19NO7. The second-order valence-electron chi connectivity index (χ2n) is 6.67. The average molecular weight is 433 g/mol. The number of nitrogens with zero attached hydrogens (tertiary/aromatic N) is 1. The molecule has 32 heavy (non-hydrogen) atoms. The largest absolute Gasteiger partial charge is 0.493 e. The van der Waals surface area contributed by atoms with Crippen molar-refractivity contribution >= 4 is 16.9 Å². The van der Waals surface area contributed by atoms with Crippen LogP contribution in [0.5, 0.6) is 23.0 Å². The van der Waals surface area contributed by atoms with Crippen molar-refractivity contribution in [1.82, 2.24) is 4.98 Å². The van der Waals surface area contributed by atoms with Gasteiger partial charge in [0.2, 0.25) is 5.75 Å². The molecule has 4 rings (SSSR count). The van der Waals surface area contributed by atoms with Gasteiger partial charge in [0, 0.05) is 24.0 Å². The molecule has 2 aromatic carbocycles. The summed E-state index contributed by atoms with van der Waals surface area (Å²) < 4.78 is 27.4. The fourth-order valence-electron chi connectivity index (χ4n) is 3.22. The number of esters is 1. The highest BCUT2D eigenvalue weighted by Gasteiger charge is 2.17. The first-order valence-corrected chi connectivity index (χ1v) is 9.54. The number of carbonyl (C=O) groups excluding carboxylic acids is 1. The minimum absolute atomic E-state index is 0.229. The number of ether oxygens (including phenoxy) is 4. The molecule has 0 N–H and O–H groups in total.